The van der Waals surface area contributed by atoms with Crippen LogP contribution in [-0.4, -0.2) is 32.8 Å². The lowest BCUT2D eigenvalue weighted by Crippen LogP contribution is -2.37. The number of thiocarbonyl (C=S) groups is 1. The highest BCUT2D eigenvalue weighted by Crippen LogP contribution is 2.18. The minimum absolute atomic E-state index is 0.0960. The van der Waals surface area contributed by atoms with E-state index < -0.39 is 11.9 Å². The minimum atomic E-state index is -0.764. The third kappa shape index (κ3) is 2.34. The van der Waals surface area contributed by atoms with Gasteiger partial charge in [-0.3, -0.25) is 4.79 Å². The molecule has 88 valence electrons. The lowest BCUT2D eigenvalue weighted by Gasteiger charge is -2.08. The predicted molar refractivity (Wildman–Crippen MR) is 67.2 cm³/mol. The lowest BCUT2D eigenvalue weighted by molar-refractivity contribution is -0.126. The molecule has 0 aliphatic carbocycles. The Kier molecular flexibility index (Phi) is 3.20. The third-order valence-corrected chi connectivity index (χ3v) is 2.81. The maximum absolute atomic E-state index is 11.8. The van der Waals surface area contributed by atoms with Crippen molar-refractivity contribution in [3.63, 3.8) is 0 Å². The van der Waals surface area contributed by atoms with Gasteiger partial charge in [-0.25, -0.2) is 4.98 Å². The lowest BCUT2D eigenvalue weighted by atomic mass is 10.2. The second-order valence-electron chi connectivity index (χ2n) is 3.16. The van der Waals surface area contributed by atoms with Crippen molar-refractivity contribution >= 4 is 45.4 Å². The van der Waals surface area contributed by atoms with Crippen molar-refractivity contribution in [3.05, 3.63) is 11.6 Å². The zero-order valence-electron chi connectivity index (χ0n) is 8.77. The predicted octanol–water partition coefficient (Wildman–Crippen LogP) is 1.06. The molecule has 1 atom stereocenters. The van der Waals surface area contributed by atoms with Gasteiger partial charge in [0.1, 0.15) is 0 Å². The Morgan fingerprint density at radius 3 is 3.00 bits per heavy atom. The molecule has 2 N–H and O–H groups in total. The Labute approximate surface area is 106 Å². The number of hydrogen-bond acceptors (Lipinski definition) is 7. The van der Waals surface area contributed by atoms with E-state index in [1.165, 1.54) is 11.3 Å². The molecule has 17 heavy (non-hydrogen) atoms. The van der Waals surface area contributed by atoms with E-state index in [0.717, 1.165) is 5.01 Å². The van der Waals surface area contributed by atoms with Crippen LogP contribution in [0.5, 0.6) is 0 Å². The molecule has 1 aliphatic heterocycles. The molecule has 0 saturated carbocycles. The summed E-state index contributed by atoms with van der Waals surface area (Å²) in [7, 11) is 0. The van der Waals surface area contributed by atoms with Crippen LogP contribution in [0.25, 0.3) is 0 Å². The van der Waals surface area contributed by atoms with E-state index in [1.807, 2.05) is 0 Å². The van der Waals surface area contributed by atoms with E-state index in [4.69, 9.17) is 18.0 Å². The normalized spacial score (nSPS) is 20.1. The first kappa shape index (κ1) is 11.7. The van der Waals surface area contributed by atoms with Crippen LogP contribution in [0, 0.1) is 0 Å². The molecule has 1 aliphatic rings. The number of nitrogens with zero attached hydrogens (tertiary/aromatic N) is 5. The molecule has 0 unspecified atom stereocenters. The summed E-state index contributed by atoms with van der Waals surface area (Å²) in [6, 6.07) is -0.764. The standard InChI is InChI=1S/C8H8N6OS2/c1-4-5(6(15)14(13-4)7(9)16)11-12-8-10-2-3-17-8/h2-3,5H,1H3,(H2,9,16)/t5-/m1/s1. The van der Waals surface area contributed by atoms with Crippen LogP contribution in [0.3, 0.4) is 0 Å². The van der Waals surface area contributed by atoms with Crippen LogP contribution in [0.15, 0.2) is 26.9 Å². The second-order valence-corrected chi connectivity index (χ2v) is 4.45. The molecule has 9 heteroatoms. The zero-order chi connectivity index (χ0) is 12.4. The van der Waals surface area contributed by atoms with Crippen LogP contribution in [-0.2, 0) is 4.79 Å². The largest absolute Gasteiger partial charge is 0.374 e. The van der Waals surface area contributed by atoms with Gasteiger partial charge >= 0.3 is 0 Å². The van der Waals surface area contributed by atoms with E-state index in [9.17, 15) is 4.79 Å². The SMILES string of the molecule is CC1=NN(C(N)=S)C(=O)[C@@H]1N=Nc1nccs1. The molecule has 0 radical (unpaired) electrons. The molecular weight excluding hydrogens is 260 g/mol. The smallest absolute Gasteiger partial charge is 0.282 e. The molecular formula is C8H8N6OS2. The van der Waals surface area contributed by atoms with Crippen LogP contribution in [0.4, 0.5) is 5.13 Å². The Hall–Kier alpha value is -1.74. The molecule has 0 fully saturated rings. The van der Waals surface area contributed by atoms with Gasteiger partial charge in [0.15, 0.2) is 11.2 Å². The van der Waals surface area contributed by atoms with Crippen molar-refractivity contribution in [2.45, 2.75) is 13.0 Å². The Morgan fingerprint density at radius 1 is 1.71 bits per heavy atom. The maximum Gasteiger partial charge on any atom is 0.282 e. The van der Waals surface area contributed by atoms with Crippen LogP contribution < -0.4 is 5.73 Å². The van der Waals surface area contributed by atoms with Gasteiger partial charge in [-0.05, 0) is 19.1 Å². The van der Waals surface area contributed by atoms with Gasteiger partial charge in [0.2, 0.25) is 5.13 Å². The first-order valence-electron chi connectivity index (χ1n) is 4.58. The van der Waals surface area contributed by atoms with Crippen LogP contribution in [0.1, 0.15) is 6.92 Å². The molecule has 2 heterocycles. The first-order chi connectivity index (χ1) is 8.09. The average Bonchev–Trinajstić information content (AvgIpc) is 2.86. The fraction of sp³-hybridized carbons (Fsp3) is 0.250. The summed E-state index contributed by atoms with van der Waals surface area (Å²) in [6.07, 6.45) is 1.61. The number of rotatable bonds is 2. The average molecular weight is 268 g/mol. The van der Waals surface area contributed by atoms with Crippen molar-refractivity contribution in [2.24, 2.45) is 21.1 Å². The van der Waals surface area contributed by atoms with E-state index in [-0.39, 0.29) is 5.11 Å². The fourth-order valence-corrected chi connectivity index (χ4v) is 1.81. The highest BCUT2D eigenvalue weighted by Gasteiger charge is 2.35. The highest BCUT2D eigenvalue weighted by molar-refractivity contribution is 7.80. The number of amides is 1. The van der Waals surface area contributed by atoms with Gasteiger partial charge in [-0.1, -0.05) is 0 Å². The minimum Gasteiger partial charge on any atom is -0.374 e. The van der Waals surface area contributed by atoms with Gasteiger partial charge in [-0.2, -0.15) is 15.2 Å². The quantitative estimate of drug-likeness (QED) is 0.640. The second kappa shape index (κ2) is 4.63. The van der Waals surface area contributed by atoms with Crippen molar-refractivity contribution < 1.29 is 4.79 Å². The van der Waals surface area contributed by atoms with E-state index in [1.54, 1.807) is 18.5 Å². The summed E-state index contributed by atoms with van der Waals surface area (Å²) in [5, 5.41) is 14.8. The molecule has 0 bridgehead atoms. The monoisotopic (exact) mass is 268 g/mol. The first-order valence-corrected chi connectivity index (χ1v) is 5.87. The number of hydrogen-bond donors (Lipinski definition) is 1. The van der Waals surface area contributed by atoms with Crippen LogP contribution >= 0.6 is 23.6 Å². The number of azo groups is 1. The van der Waals surface area contributed by atoms with Crippen molar-refractivity contribution in [2.75, 3.05) is 0 Å². The number of aromatic nitrogens is 1. The molecule has 1 amide bonds. The highest BCUT2D eigenvalue weighted by atomic mass is 32.1. The molecule has 0 spiro atoms. The summed E-state index contributed by atoms with van der Waals surface area (Å²) < 4.78 is 0. The van der Waals surface area contributed by atoms with Gasteiger partial charge in [0.25, 0.3) is 5.91 Å². The Bertz CT molecular complexity index is 508. The molecule has 7 nitrogen and oxygen atoms in total. The Balaban J connectivity index is 2.16. The maximum atomic E-state index is 11.8. The van der Waals surface area contributed by atoms with Crippen molar-refractivity contribution in [1.29, 1.82) is 0 Å². The summed E-state index contributed by atoms with van der Waals surface area (Å²) >= 11 is 6.02. The van der Waals surface area contributed by atoms with Gasteiger partial charge < -0.3 is 5.73 Å². The molecule has 0 aromatic carbocycles. The Morgan fingerprint density at radius 2 is 2.47 bits per heavy atom. The van der Waals surface area contributed by atoms with E-state index in [2.05, 4.69) is 20.3 Å². The van der Waals surface area contributed by atoms with E-state index >= 15 is 0 Å². The number of hydrazone groups is 1. The molecule has 0 saturated heterocycles. The zero-order valence-corrected chi connectivity index (χ0v) is 10.4. The summed E-state index contributed by atoms with van der Waals surface area (Å²) in [6.45, 7) is 1.67. The number of carbonyl (C=O) groups is 1. The van der Waals surface area contributed by atoms with Crippen molar-refractivity contribution in [1.82, 2.24) is 9.99 Å². The third-order valence-electron chi connectivity index (χ3n) is 1.98. The number of nitrogens with two attached hydrogens (primary N) is 1. The molecule has 1 aromatic heterocycles. The molecule has 1 aromatic rings. The topological polar surface area (TPSA) is 96.3 Å². The summed E-state index contributed by atoms with van der Waals surface area (Å²) in [5.41, 5.74) is 5.85. The molecule has 2 rings (SSSR count). The van der Waals surface area contributed by atoms with Crippen LogP contribution in [0.2, 0.25) is 0 Å². The van der Waals surface area contributed by atoms with Gasteiger partial charge in [0, 0.05) is 11.6 Å². The number of carbonyl (C=O) groups excluding carboxylic acids is 1. The number of thiazole rings is 1. The summed E-state index contributed by atoms with van der Waals surface area (Å²) in [5.74, 6) is -0.393. The van der Waals surface area contributed by atoms with Gasteiger partial charge in [-0.15, -0.1) is 16.5 Å². The summed E-state index contributed by atoms with van der Waals surface area (Å²) in [4.78, 5) is 15.7. The fourth-order valence-electron chi connectivity index (χ4n) is 1.22. The van der Waals surface area contributed by atoms with Gasteiger partial charge in [0.05, 0.1) is 5.71 Å². The van der Waals surface area contributed by atoms with E-state index in [0.29, 0.717) is 10.8 Å². The van der Waals surface area contributed by atoms with Crippen molar-refractivity contribution in [3.8, 4) is 0 Å².